The Hall–Kier alpha value is -2.47. The quantitative estimate of drug-likeness (QED) is 0.273. The molecule has 0 heterocycles. The van der Waals surface area contributed by atoms with Crippen LogP contribution in [0.25, 0.3) is 0 Å². The Morgan fingerprint density at radius 1 is 1.04 bits per heavy atom. The van der Waals surface area contributed by atoms with Gasteiger partial charge in [0.15, 0.2) is 10.2 Å². The van der Waals surface area contributed by atoms with Crippen LogP contribution >= 0.6 is 24.4 Å². The van der Waals surface area contributed by atoms with E-state index in [-0.39, 0.29) is 16.6 Å². The molecule has 7 nitrogen and oxygen atoms in total. The molecule has 0 saturated heterocycles. The SMILES string of the molecule is CCNC(=S)NN=C(C)C(=NNC(=S)NCC(F)(F)F)c1ccc(O)cc1. The molecular formula is C15H19F3N6OS2. The number of halogens is 3. The number of phenolic OH excluding ortho intramolecular Hbond substituents is 1. The lowest BCUT2D eigenvalue weighted by atomic mass is 10.1. The maximum absolute atomic E-state index is 12.2. The fourth-order valence-corrected chi connectivity index (χ4v) is 2.00. The number of benzene rings is 1. The number of rotatable bonds is 6. The van der Waals surface area contributed by atoms with Crippen molar-refractivity contribution in [1.29, 1.82) is 0 Å². The molecule has 0 aliphatic rings. The van der Waals surface area contributed by atoms with Crippen LogP contribution in [0.5, 0.6) is 5.75 Å². The molecule has 12 heteroatoms. The number of nitrogens with zero attached hydrogens (tertiary/aromatic N) is 2. The van der Waals surface area contributed by atoms with Gasteiger partial charge in [-0.05, 0) is 62.5 Å². The number of alkyl halides is 3. The number of phenols is 1. The van der Waals surface area contributed by atoms with Crippen molar-refractivity contribution in [2.45, 2.75) is 20.0 Å². The topological polar surface area (TPSA) is 93.1 Å². The molecule has 5 N–H and O–H groups in total. The molecule has 0 unspecified atom stereocenters. The summed E-state index contributed by atoms with van der Waals surface area (Å²) in [7, 11) is 0. The molecule has 1 rings (SSSR count). The smallest absolute Gasteiger partial charge is 0.405 e. The van der Waals surface area contributed by atoms with E-state index < -0.39 is 12.7 Å². The fraction of sp³-hybridized carbons (Fsp3) is 0.333. The molecule has 148 valence electrons. The van der Waals surface area contributed by atoms with E-state index in [2.05, 4.69) is 26.4 Å². The fourth-order valence-electron chi connectivity index (χ4n) is 1.69. The Labute approximate surface area is 165 Å². The van der Waals surface area contributed by atoms with Gasteiger partial charge in [-0.2, -0.15) is 23.4 Å². The van der Waals surface area contributed by atoms with Gasteiger partial charge in [0.1, 0.15) is 18.0 Å². The molecule has 0 spiro atoms. The first kappa shape index (κ1) is 22.6. The van der Waals surface area contributed by atoms with E-state index in [9.17, 15) is 18.3 Å². The normalized spacial score (nSPS) is 12.3. The van der Waals surface area contributed by atoms with Crippen molar-refractivity contribution in [3.63, 3.8) is 0 Å². The third-order valence-corrected chi connectivity index (χ3v) is 3.34. The Kier molecular flexibility index (Phi) is 8.88. The predicted molar refractivity (Wildman–Crippen MR) is 107 cm³/mol. The highest BCUT2D eigenvalue weighted by Gasteiger charge is 2.27. The first-order chi connectivity index (χ1) is 12.6. The minimum Gasteiger partial charge on any atom is -0.508 e. The van der Waals surface area contributed by atoms with Crippen LogP contribution in [0.1, 0.15) is 19.4 Å². The van der Waals surface area contributed by atoms with Crippen LogP contribution in [0.15, 0.2) is 34.5 Å². The summed E-state index contributed by atoms with van der Waals surface area (Å²) in [6.07, 6.45) is -4.40. The van der Waals surface area contributed by atoms with Crippen molar-refractivity contribution in [3.8, 4) is 5.75 Å². The van der Waals surface area contributed by atoms with Crippen LogP contribution in [-0.2, 0) is 0 Å². The van der Waals surface area contributed by atoms with Gasteiger partial charge in [0.05, 0.1) is 5.71 Å². The third kappa shape index (κ3) is 9.15. The molecule has 0 aliphatic carbocycles. The summed E-state index contributed by atoms with van der Waals surface area (Å²) in [5.74, 6) is 0.0504. The number of hydrazone groups is 2. The third-order valence-electron chi connectivity index (χ3n) is 2.86. The monoisotopic (exact) mass is 420 g/mol. The number of nitrogens with one attached hydrogen (secondary N) is 4. The van der Waals surface area contributed by atoms with E-state index in [1.54, 1.807) is 19.1 Å². The second kappa shape index (κ2) is 10.6. The Morgan fingerprint density at radius 2 is 1.59 bits per heavy atom. The molecule has 0 aliphatic heterocycles. The molecule has 0 radical (unpaired) electrons. The molecule has 0 fully saturated rings. The van der Waals surface area contributed by atoms with Gasteiger partial charge in [0.25, 0.3) is 0 Å². The first-order valence-electron chi connectivity index (χ1n) is 7.68. The van der Waals surface area contributed by atoms with E-state index in [1.165, 1.54) is 12.1 Å². The lowest BCUT2D eigenvalue weighted by Gasteiger charge is -2.12. The minimum atomic E-state index is -4.40. The average molecular weight is 420 g/mol. The lowest BCUT2D eigenvalue weighted by Crippen LogP contribution is -2.39. The molecule has 0 amide bonds. The maximum Gasteiger partial charge on any atom is 0.405 e. The number of hydrogen-bond acceptors (Lipinski definition) is 5. The van der Waals surface area contributed by atoms with Crippen LogP contribution < -0.4 is 21.5 Å². The number of thiocarbonyl (C=S) groups is 2. The second-order valence-electron chi connectivity index (χ2n) is 5.09. The van der Waals surface area contributed by atoms with Crippen LogP contribution in [0.4, 0.5) is 13.2 Å². The van der Waals surface area contributed by atoms with Gasteiger partial charge in [-0.25, -0.2) is 0 Å². The molecular weight excluding hydrogens is 401 g/mol. The maximum atomic E-state index is 12.2. The molecule has 1 aromatic rings. The zero-order chi connectivity index (χ0) is 20.4. The lowest BCUT2D eigenvalue weighted by molar-refractivity contribution is -0.122. The van der Waals surface area contributed by atoms with E-state index in [0.29, 0.717) is 22.9 Å². The van der Waals surface area contributed by atoms with Crippen LogP contribution in [0, 0.1) is 0 Å². The Morgan fingerprint density at radius 3 is 2.15 bits per heavy atom. The number of hydrogen-bond donors (Lipinski definition) is 5. The van der Waals surface area contributed by atoms with Crippen molar-refractivity contribution in [2.24, 2.45) is 10.2 Å². The first-order valence-corrected chi connectivity index (χ1v) is 8.50. The van der Waals surface area contributed by atoms with Crippen molar-refractivity contribution in [2.75, 3.05) is 13.1 Å². The summed E-state index contributed by atoms with van der Waals surface area (Å²) in [4.78, 5) is 0. The Balaban J connectivity index is 2.97. The summed E-state index contributed by atoms with van der Waals surface area (Å²) >= 11 is 9.80. The van der Waals surface area contributed by atoms with Gasteiger partial charge in [-0.15, -0.1) is 0 Å². The van der Waals surface area contributed by atoms with Gasteiger partial charge >= 0.3 is 6.18 Å². The summed E-state index contributed by atoms with van der Waals surface area (Å²) in [5, 5.41) is 22.4. The molecule has 0 atom stereocenters. The largest absolute Gasteiger partial charge is 0.508 e. The van der Waals surface area contributed by atoms with Crippen molar-refractivity contribution in [1.82, 2.24) is 21.5 Å². The highest BCUT2D eigenvalue weighted by Crippen LogP contribution is 2.12. The summed E-state index contributed by atoms with van der Waals surface area (Å²) in [6, 6.07) is 6.03. The van der Waals surface area contributed by atoms with Crippen LogP contribution in [0.3, 0.4) is 0 Å². The van der Waals surface area contributed by atoms with E-state index in [0.717, 1.165) is 0 Å². The van der Waals surface area contributed by atoms with Crippen molar-refractivity contribution >= 4 is 46.1 Å². The van der Waals surface area contributed by atoms with E-state index in [1.807, 2.05) is 12.2 Å². The summed E-state index contributed by atoms with van der Waals surface area (Å²) in [5.41, 5.74) is 6.21. The zero-order valence-corrected chi connectivity index (χ0v) is 16.1. The highest BCUT2D eigenvalue weighted by molar-refractivity contribution is 7.80. The van der Waals surface area contributed by atoms with Gasteiger partial charge < -0.3 is 15.7 Å². The highest BCUT2D eigenvalue weighted by atomic mass is 32.1. The minimum absolute atomic E-state index is 0.0504. The van der Waals surface area contributed by atoms with E-state index >= 15 is 0 Å². The van der Waals surface area contributed by atoms with Gasteiger partial charge in [0, 0.05) is 12.1 Å². The molecule has 0 aromatic heterocycles. The molecule has 1 aromatic carbocycles. The van der Waals surface area contributed by atoms with Crippen LogP contribution in [0.2, 0.25) is 0 Å². The summed E-state index contributed by atoms with van der Waals surface area (Å²) < 4.78 is 36.7. The number of aromatic hydroxyl groups is 1. The van der Waals surface area contributed by atoms with Gasteiger partial charge in [0.2, 0.25) is 0 Å². The average Bonchev–Trinajstić information content (AvgIpc) is 2.59. The van der Waals surface area contributed by atoms with Crippen molar-refractivity contribution in [3.05, 3.63) is 29.8 Å². The Bertz CT molecular complexity index is 719. The second-order valence-corrected chi connectivity index (χ2v) is 5.90. The van der Waals surface area contributed by atoms with Crippen LogP contribution in [-0.4, -0.2) is 46.0 Å². The molecule has 27 heavy (non-hydrogen) atoms. The predicted octanol–water partition coefficient (Wildman–Crippen LogP) is 1.98. The standard InChI is InChI=1S/C15H19F3N6OS2/c1-3-19-13(26)23-21-9(2)12(10-4-6-11(25)7-5-10)22-24-14(27)20-8-15(16,17)18/h4-7,25H,3,8H2,1-2H3,(H2,19,23,26)(H2,20,24,27). The summed E-state index contributed by atoms with van der Waals surface area (Å²) in [6.45, 7) is 2.82. The molecule has 0 bridgehead atoms. The van der Waals surface area contributed by atoms with E-state index in [4.69, 9.17) is 24.4 Å². The zero-order valence-electron chi connectivity index (χ0n) is 14.5. The van der Waals surface area contributed by atoms with Gasteiger partial charge in [-0.1, -0.05) is 0 Å². The van der Waals surface area contributed by atoms with Crippen molar-refractivity contribution < 1.29 is 18.3 Å². The van der Waals surface area contributed by atoms with Gasteiger partial charge in [-0.3, -0.25) is 10.9 Å². The molecule has 0 saturated carbocycles.